The van der Waals surface area contributed by atoms with Crippen molar-refractivity contribution in [2.45, 2.75) is 90.1 Å². The van der Waals surface area contributed by atoms with Crippen molar-refractivity contribution in [1.82, 2.24) is 0 Å². The quantitative estimate of drug-likeness (QED) is 0.108. The highest BCUT2D eigenvalue weighted by Gasteiger charge is 2.13. The molecule has 0 N–H and O–H groups in total. The summed E-state index contributed by atoms with van der Waals surface area (Å²) in [6.45, 7) is 3.50. The zero-order valence-electron chi connectivity index (χ0n) is 24.7. The van der Waals surface area contributed by atoms with Gasteiger partial charge in [-0.2, -0.15) is 0 Å². The van der Waals surface area contributed by atoms with E-state index in [4.69, 9.17) is 23.7 Å². The number of benzene rings is 2. The summed E-state index contributed by atoms with van der Waals surface area (Å²) in [6, 6.07) is 13.6. The lowest BCUT2D eigenvalue weighted by Gasteiger charge is -2.19. The van der Waals surface area contributed by atoms with Crippen LogP contribution in [0.4, 0.5) is 0 Å². The van der Waals surface area contributed by atoms with Gasteiger partial charge in [-0.25, -0.2) is 9.59 Å². The van der Waals surface area contributed by atoms with Gasteiger partial charge in [0.1, 0.15) is 30.8 Å². The number of carbonyl (C=O) groups excluding carboxylic acids is 2. The highest BCUT2D eigenvalue weighted by molar-refractivity contribution is 5.89. The topological polar surface area (TPSA) is 80.3 Å². The lowest BCUT2D eigenvalue weighted by molar-refractivity contribution is -0.00881. The second-order valence-corrected chi connectivity index (χ2v) is 10.0. The summed E-state index contributed by atoms with van der Waals surface area (Å²) in [4.78, 5) is 23.3. The maximum absolute atomic E-state index is 11.7. The molecular formula is C33H48O7. The zero-order valence-corrected chi connectivity index (χ0v) is 24.7. The third-order valence-electron chi connectivity index (χ3n) is 6.77. The highest BCUT2D eigenvalue weighted by atomic mass is 16.6. The molecule has 0 amide bonds. The molecular weight excluding hydrogens is 508 g/mol. The molecule has 0 bridgehead atoms. The minimum Gasteiger partial charge on any atom is -0.491 e. The molecule has 0 fully saturated rings. The molecule has 0 aliphatic carbocycles. The Morgan fingerprint density at radius 2 is 0.950 bits per heavy atom. The minimum absolute atomic E-state index is 0.284. The van der Waals surface area contributed by atoms with Gasteiger partial charge in [-0.05, 0) is 55.0 Å². The van der Waals surface area contributed by atoms with E-state index in [1.54, 1.807) is 48.5 Å². The summed E-state index contributed by atoms with van der Waals surface area (Å²) in [5.74, 6) is 0.492. The second-order valence-electron chi connectivity index (χ2n) is 10.0. The average molecular weight is 557 g/mol. The van der Waals surface area contributed by atoms with Crippen LogP contribution in [0.5, 0.6) is 11.5 Å². The summed E-state index contributed by atoms with van der Waals surface area (Å²) in [6.07, 6.45) is 15.2. The van der Waals surface area contributed by atoms with Gasteiger partial charge in [0.25, 0.3) is 0 Å². The summed E-state index contributed by atoms with van der Waals surface area (Å²) in [7, 11) is 2.71. The first-order valence-corrected chi connectivity index (χ1v) is 14.8. The Morgan fingerprint density at radius 3 is 1.32 bits per heavy atom. The van der Waals surface area contributed by atoms with Crippen LogP contribution >= 0.6 is 0 Å². The van der Waals surface area contributed by atoms with Crippen molar-refractivity contribution in [3.05, 3.63) is 59.7 Å². The van der Waals surface area contributed by atoms with E-state index in [0.29, 0.717) is 42.4 Å². The van der Waals surface area contributed by atoms with Crippen molar-refractivity contribution in [2.75, 3.05) is 34.0 Å². The lowest BCUT2D eigenvalue weighted by atomic mass is 10.1. The van der Waals surface area contributed by atoms with Crippen LogP contribution in [0.3, 0.4) is 0 Å². The van der Waals surface area contributed by atoms with Crippen LogP contribution in [0.25, 0.3) is 0 Å². The van der Waals surface area contributed by atoms with Gasteiger partial charge in [0.2, 0.25) is 0 Å². The van der Waals surface area contributed by atoms with Gasteiger partial charge in [0.15, 0.2) is 0 Å². The van der Waals surface area contributed by atoms with Crippen LogP contribution in [0.1, 0.15) is 105 Å². The van der Waals surface area contributed by atoms with E-state index in [1.807, 2.05) is 0 Å². The van der Waals surface area contributed by atoms with Gasteiger partial charge >= 0.3 is 11.9 Å². The fourth-order valence-corrected chi connectivity index (χ4v) is 4.33. The molecule has 7 heteroatoms. The van der Waals surface area contributed by atoms with E-state index < -0.39 is 0 Å². The number of carbonyl (C=O) groups is 2. The van der Waals surface area contributed by atoms with Gasteiger partial charge < -0.3 is 23.7 Å². The number of unbranched alkanes of at least 4 members (excludes halogenated alkanes) is 11. The molecule has 0 heterocycles. The summed E-state index contributed by atoms with van der Waals surface area (Å²) >= 11 is 0. The van der Waals surface area contributed by atoms with Crippen LogP contribution in [0.15, 0.2) is 48.5 Å². The number of rotatable bonds is 22. The standard InChI is InChI=1S/C33H48O7/c1-4-5-6-7-8-9-10-11-12-13-14-15-24-38-31(25-39-29-20-16-27(17-21-29)32(34)36-2)26-40-30-22-18-28(19-23-30)33(35)37-3/h16-23,31H,4-15,24-26H2,1-3H3. The van der Waals surface area contributed by atoms with Crippen molar-refractivity contribution < 1.29 is 33.3 Å². The largest absolute Gasteiger partial charge is 0.491 e. The van der Waals surface area contributed by atoms with Crippen LogP contribution in [-0.2, 0) is 14.2 Å². The fourth-order valence-electron chi connectivity index (χ4n) is 4.33. The van der Waals surface area contributed by atoms with Gasteiger partial charge in [-0.3, -0.25) is 0 Å². The number of ether oxygens (including phenoxy) is 5. The molecule has 0 aliphatic heterocycles. The van der Waals surface area contributed by atoms with Crippen molar-refractivity contribution in [3.8, 4) is 11.5 Å². The fraction of sp³-hybridized carbons (Fsp3) is 0.576. The van der Waals surface area contributed by atoms with Crippen molar-refractivity contribution in [1.29, 1.82) is 0 Å². The summed E-state index contributed by atoms with van der Waals surface area (Å²) in [5, 5.41) is 0. The first kappa shape index (κ1) is 33.1. The first-order chi connectivity index (χ1) is 19.6. The molecule has 0 saturated heterocycles. The molecule has 0 aliphatic rings. The van der Waals surface area contributed by atoms with Gasteiger partial charge in [0, 0.05) is 6.61 Å². The van der Waals surface area contributed by atoms with Crippen LogP contribution in [0, 0.1) is 0 Å². The number of esters is 2. The Morgan fingerprint density at radius 1 is 0.575 bits per heavy atom. The van der Waals surface area contributed by atoms with E-state index in [-0.39, 0.29) is 18.0 Å². The SMILES string of the molecule is CCCCCCCCCCCCCCOC(COc1ccc(C(=O)OC)cc1)COc1ccc(C(=O)OC)cc1. The average Bonchev–Trinajstić information content (AvgIpc) is 3.00. The molecule has 7 nitrogen and oxygen atoms in total. The zero-order chi connectivity index (χ0) is 28.8. The molecule has 0 spiro atoms. The Hall–Kier alpha value is -3.06. The summed E-state index contributed by atoms with van der Waals surface area (Å²) in [5.41, 5.74) is 0.932. The van der Waals surface area contributed by atoms with E-state index in [1.165, 1.54) is 78.4 Å². The monoisotopic (exact) mass is 556 g/mol. The first-order valence-electron chi connectivity index (χ1n) is 14.8. The predicted octanol–water partition coefficient (Wildman–Crippen LogP) is 7.80. The van der Waals surface area contributed by atoms with E-state index in [0.717, 1.165) is 12.8 Å². The van der Waals surface area contributed by atoms with Crippen LogP contribution in [-0.4, -0.2) is 52.1 Å². The maximum atomic E-state index is 11.7. The van der Waals surface area contributed by atoms with E-state index in [2.05, 4.69) is 6.92 Å². The second kappa shape index (κ2) is 20.8. The molecule has 40 heavy (non-hydrogen) atoms. The number of methoxy groups -OCH3 is 2. The van der Waals surface area contributed by atoms with Crippen molar-refractivity contribution in [2.24, 2.45) is 0 Å². The molecule has 0 atom stereocenters. The molecule has 0 unspecified atom stereocenters. The lowest BCUT2D eigenvalue weighted by Crippen LogP contribution is -2.29. The Balaban J connectivity index is 1.74. The Kier molecular flexibility index (Phi) is 17.2. The van der Waals surface area contributed by atoms with Gasteiger partial charge in [-0.15, -0.1) is 0 Å². The molecule has 0 saturated carbocycles. The van der Waals surface area contributed by atoms with Crippen molar-refractivity contribution >= 4 is 11.9 Å². The maximum Gasteiger partial charge on any atom is 0.337 e. The van der Waals surface area contributed by atoms with E-state index in [9.17, 15) is 9.59 Å². The third kappa shape index (κ3) is 13.8. The van der Waals surface area contributed by atoms with Gasteiger partial charge in [0.05, 0.1) is 25.3 Å². The van der Waals surface area contributed by atoms with E-state index >= 15 is 0 Å². The number of hydrogen-bond donors (Lipinski definition) is 0. The Bertz CT molecular complexity index is 877. The smallest absolute Gasteiger partial charge is 0.337 e. The predicted molar refractivity (Wildman–Crippen MR) is 157 cm³/mol. The minimum atomic E-state index is -0.387. The molecule has 0 aromatic heterocycles. The van der Waals surface area contributed by atoms with Crippen LogP contribution in [0.2, 0.25) is 0 Å². The molecule has 0 radical (unpaired) electrons. The van der Waals surface area contributed by atoms with Gasteiger partial charge in [-0.1, -0.05) is 77.6 Å². The summed E-state index contributed by atoms with van der Waals surface area (Å²) < 4.78 is 27.5. The molecule has 2 rings (SSSR count). The van der Waals surface area contributed by atoms with Crippen molar-refractivity contribution in [3.63, 3.8) is 0 Å². The number of hydrogen-bond acceptors (Lipinski definition) is 7. The highest BCUT2D eigenvalue weighted by Crippen LogP contribution is 2.17. The Labute approximate surface area is 240 Å². The normalized spacial score (nSPS) is 10.9. The molecule has 222 valence electrons. The molecule has 2 aromatic carbocycles. The van der Waals surface area contributed by atoms with Crippen LogP contribution < -0.4 is 9.47 Å². The molecule has 2 aromatic rings. The third-order valence-corrected chi connectivity index (χ3v) is 6.77.